The molecule has 146 valence electrons. The van der Waals surface area contributed by atoms with Crippen LogP contribution in [0, 0.1) is 0 Å². The van der Waals surface area contributed by atoms with Crippen molar-refractivity contribution in [2.75, 3.05) is 13.7 Å². The van der Waals surface area contributed by atoms with Crippen molar-refractivity contribution in [2.24, 2.45) is 0 Å². The van der Waals surface area contributed by atoms with E-state index in [0.29, 0.717) is 40.1 Å². The summed E-state index contributed by atoms with van der Waals surface area (Å²) in [5, 5.41) is 10.4. The van der Waals surface area contributed by atoms with Gasteiger partial charge in [0.2, 0.25) is 5.78 Å². The predicted molar refractivity (Wildman–Crippen MR) is 110 cm³/mol. The van der Waals surface area contributed by atoms with Crippen molar-refractivity contribution in [3.63, 3.8) is 0 Å². The number of nitrogens with zero attached hydrogens (tertiary/aromatic N) is 2. The normalized spacial score (nSPS) is 12.0. The number of benzene rings is 2. The van der Waals surface area contributed by atoms with Crippen molar-refractivity contribution in [2.45, 2.75) is 18.9 Å². The van der Waals surface area contributed by atoms with Gasteiger partial charge < -0.3 is 14.4 Å². The molecule has 0 radical (unpaired) electrons. The van der Waals surface area contributed by atoms with Crippen LogP contribution in [0.1, 0.15) is 34.1 Å². The summed E-state index contributed by atoms with van der Waals surface area (Å²) in [6.45, 7) is 0.476. The Bertz CT molecular complexity index is 972. The number of carbonyl (C=O) groups excluding carboxylic acids is 1. The highest BCUT2D eigenvalue weighted by molar-refractivity contribution is 6.42. The van der Waals surface area contributed by atoms with E-state index in [4.69, 9.17) is 27.9 Å². The number of ether oxygens (including phenoxy) is 1. The molecule has 1 N–H and O–H groups in total. The van der Waals surface area contributed by atoms with Gasteiger partial charge in [0.15, 0.2) is 5.82 Å². The Morgan fingerprint density at radius 3 is 2.71 bits per heavy atom. The summed E-state index contributed by atoms with van der Waals surface area (Å²) in [6.07, 6.45) is 3.86. The number of halogens is 2. The molecule has 0 aliphatic rings. The van der Waals surface area contributed by atoms with Crippen molar-refractivity contribution < 1.29 is 14.6 Å². The zero-order valence-electron chi connectivity index (χ0n) is 15.3. The smallest absolute Gasteiger partial charge is 0.232 e. The van der Waals surface area contributed by atoms with E-state index in [1.807, 2.05) is 12.1 Å². The van der Waals surface area contributed by atoms with Gasteiger partial charge in [0.25, 0.3) is 0 Å². The summed E-state index contributed by atoms with van der Waals surface area (Å²) < 4.78 is 7.09. The van der Waals surface area contributed by atoms with Crippen LogP contribution in [-0.4, -0.2) is 34.2 Å². The van der Waals surface area contributed by atoms with E-state index < -0.39 is 0 Å². The van der Waals surface area contributed by atoms with E-state index in [1.54, 1.807) is 47.3 Å². The molecule has 7 heteroatoms. The van der Waals surface area contributed by atoms with Gasteiger partial charge in [-0.3, -0.25) is 4.79 Å². The molecule has 1 aromatic heterocycles. The molecular weight excluding hydrogens is 399 g/mol. The number of aliphatic hydroxyl groups is 1. The van der Waals surface area contributed by atoms with Crippen molar-refractivity contribution in [3.8, 4) is 5.75 Å². The molecule has 28 heavy (non-hydrogen) atoms. The number of hydrogen-bond donors (Lipinski definition) is 1. The summed E-state index contributed by atoms with van der Waals surface area (Å²) >= 11 is 12.2. The molecule has 0 fully saturated rings. The second-order valence-electron chi connectivity index (χ2n) is 6.32. The first-order valence-corrected chi connectivity index (χ1v) is 9.55. The maximum Gasteiger partial charge on any atom is 0.232 e. The van der Waals surface area contributed by atoms with E-state index in [-0.39, 0.29) is 18.3 Å². The topological polar surface area (TPSA) is 64.3 Å². The highest BCUT2D eigenvalue weighted by atomic mass is 35.5. The van der Waals surface area contributed by atoms with E-state index in [2.05, 4.69) is 4.98 Å². The Morgan fingerprint density at radius 2 is 2.00 bits per heavy atom. The van der Waals surface area contributed by atoms with Crippen LogP contribution >= 0.6 is 23.2 Å². The molecule has 0 saturated heterocycles. The molecule has 0 amide bonds. The second kappa shape index (κ2) is 9.24. The second-order valence-corrected chi connectivity index (χ2v) is 7.13. The fourth-order valence-corrected chi connectivity index (χ4v) is 3.45. The predicted octanol–water partition coefficient (Wildman–Crippen LogP) is 4.60. The average Bonchev–Trinajstić information content (AvgIpc) is 3.17. The SMILES string of the molecule is COc1ccccc1C(=O)c1nccn1CC(CCO)c1ccc(Cl)c(Cl)c1. The van der Waals surface area contributed by atoms with Crippen LogP contribution in [0.3, 0.4) is 0 Å². The number of rotatable bonds is 8. The van der Waals surface area contributed by atoms with Gasteiger partial charge in [0.05, 0.1) is 22.7 Å². The van der Waals surface area contributed by atoms with Gasteiger partial charge in [-0.1, -0.05) is 41.4 Å². The van der Waals surface area contributed by atoms with Gasteiger partial charge in [0, 0.05) is 31.5 Å². The Hall–Kier alpha value is -2.34. The molecule has 0 spiro atoms. The number of methoxy groups -OCH3 is 1. The molecule has 2 aromatic carbocycles. The Morgan fingerprint density at radius 1 is 1.21 bits per heavy atom. The molecular formula is C21H20Cl2N2O3. The van der Waals surface area contributed by atoms with E-state index >= 15 is 0 Å². The Labute approximate surface area is 173 Å². The van der Waals surface area contributed by atoms with Crippen LogP contribution in [0.4, 0.5) is 0 Å². The lowest BCUT2D eigenvalue weighted by molar-refractivity contribution is 0.102. The van der Waals surface area contributed by atoms with E-state index in [1.165, 1.54) is 7.11 Å². The summed E-state index contributed by atoms with van der Waals surface area (Å²) in [4.78, 5) is 17.3. The minimum absolute atomic E-state index is 0.00932. The van der Waals surface area contributed by atoms with Crippen LogP contribution < -0.4 is 4.74 Å². The molecule has 0 aliphatic heterocycles. The Balaban J connectivity index is 1.91. The first-order chi connectivity index (χ1) is 13.5. The van der Waals surface area contributed by atoms with E-state index in [0.717, 1.165) is 5.56 Å². The van der Waals surface area contributed by atoms with Crippen LogP contribution in [0.15, 0.2) is 54.9 Å². The number of imidazole rings is 1. The van der Waals surface area contributed by atoms with Crippen molar-refractivity contribution >= 4 is 29.0 Å². The average molecular weight is 419 g/mol. The van der Waals surface area contributed by atoms with Crippen molar-refractivity contribution in [1.29, 1.82) is 0 Å². The van der Waals surface area contributed by atoms with Crippen LogP contribution in [0.25, 0.3) is 0 Å². The lowest BCUT2D eigenvalue weighted by Gasteiger charge is -2.19. The standard InChI is InChI=1S/C21H20Cl2N2O3/c1-28-19-5-3-2-4-16(19)20(27)21-24-9-10-25(21)13-15(8-11-26)14-6-7-17(22)18(23)12-14/h2-7,9-10,12,15,26H,8,11,13H2,1H3. The first-order valence-electron chi connectivity index (χ1n) is 8.79. The number of aromatic nitrogens is 2. The maximum atomic E-state index is 13.0. The van der Waals surface area contributed by atoms with Crippen LogP contribution in [0.2, 0.25) is 10.0 Å². The van der Waals surface area contributed by atoms with Crippen LogP contribution in [0.5, 0.6) is 5.75 Å². The van der Waals surface area contributed by atoms with E-state index in [9.17, 15) is 9.90 Å². The van der Waals surface area contributed by atoms with Gasteiger partial charge in [-0.25, -0.2) is 4.98 Å². The summed E-state index contributed by atoms with van der Waals surface area (Å²) in [7, 11) is 1.53. The zero-order valence-corrected chi connectivity index (χ0v) is 16.8. The number of ketones is 1. The van der Waals surface area contributed by atoms with Gasteiger partial charge in [-0.2, -0.15) is 0 Å². The molecule has 0 saturated carbocycles. The molecule has 3 rings (SSSR count). The largest absolute Gasteiger partial charge is 0.496 e. The first kappa shape index (κ1) is 20.4. The minimum atomic E-state index is -0.223. The Kier molecular flexibility index (Phi) is 6.73. The van der Waals surface area contributed by atoms with Gasteiger partial charge in [-0.15, -0.1) is 0 Å². The highest BCUT2D eigenvalue weighted by Gasteiger charge is 2.21. The third kappa shape index (κ3) is 4.38. The third-order valence-corrected chi connectivity index (χ3v) is 5.32. The number of aliphatic hydroxyl groups excluding tert-OH is 1. The number of para-hydroxylation sites is 1. The molecule has 5 nitrogen and oxygen atoms in total. The summed E-state index contributed by atoms with van der Waals surface area (Å²) in [5.74, 6) is 0.531. The van der Waals surface area contributed by atoms with Crippen molar-refractivity contribution in [1.82, 2.24) is 9.55 Å². The molecule has 0 bridgehead atoms. The lowest BCUT2D eigenvalue weighted by Crippen LogP contribution is -2.17. The van der Waals surface area contributed by atoms with Crippen molar-refractivity contribution in [3.05, 3.63) is 81.9 Å². The molecule has 3 aromatic rings. The molecule has 1 unspecified atom stereocenters. The van der Waals surface area contributed by atoms with Gasteiger partial charge in [0.1, 0.15) is 5.75 Å². The lowest BCUT2D eigenvalue weighted by atomic mass is 9.95. The van der Waals surface area contributed by atoms with Gasteiger partial charge in [-0.05, 0) is 36.2 Å². The van der Waals surface area contributed by atoms with Gasteiger partial charge >= 0.3 is 0 Å². The number of hydrogen-bond acceptors (Lipinski definition) is 4. The molecule has 0 aliphatic carbocycles. The quantitative estimate of drug-likeness (QED) is 0.543. The monoisotopic (exact) mass is 418 g/mol. The fraction of sp³-hybridized carbons (Fsp3) is 0.238. The van der Waals surface area contributed by atoms with Crippen LogP contribution in [-0.2, 0) is 6.54 Å². The highest BCUT2D eigenvalue weighted by Crippen LogP contribution is 2.30. The fourth-order valence-electron chi connectivity index (χ4n) is 3.14. The molecule has 1 atom stereocenters. The third-order valence-electron chi connectivity index (χ3n) is 4.58. The molecule has 1 heterocycles. The number of carbonyl (C=O) groups is 1. The summed E-state index contributed by atoms with van der Waals surface area (Å²) in [6, 6.07) is 12.5. The zero-order chi connectivity index (χ0) is 20.1. The minimum Gasteiger partial charge on any atom is -0.496 e. The maximum absolute atomic E-state index is 13.0. The summed E-state index contributed by atoms with van der Waals surface area (Å²) in [5.41, 5.74) is 1.39.